The lowest BCUT2D eigenvalue weighted by atomic mass is 9.79. The van der Waals surface area contributed by atoms with Crippen LogP contribution in [-0.2, 0) is 23.8 Å². The van der Waals surface area contributed by atoms with Crippen LogP contribution >= 0.6 is 0 Å². The molecule has 2 unspecified atom stereocenters. The molecule has 12 heteroatoms. The largest absolute Gasteiger partial charge is 0.465 e. The van der Waals surface area contributed by atoms with Gasteiger partial charge in [0.2, 0.25) is 5.91 Å². The number of allylic oxidation sites excluding steroid dienone is 1. The van der Waals surface area contributed by atoms with Crippen LogP contribution in [0.3, 0.4) is 0 Å². The van der Waals surface area contributed by atoms with E-state index in [4.69, 9.17) is 25.7 Å². The first-order chi connectivity index (χ1) is 28.8. The van der Waals surface area contributed by atoms with Crippen molar-refractivity contribution in [1.29, 1.82) is 0 Å². The highest BCUT2D eigenvalue weighted by Crippen LogP contribution is 2.50. The minimum atomic E-state index is -0.717. The fourth-order valence-corrected chi connectivity index (χ4v) is 10.9. The summed E-state index contributed by atoms with van der Waals surface area (Å²) < 4.78 is 20.0. The lowest BCUT2D eigenvalue weighted by Gasteiger charge is -2.60. The molecule has 0 aliphatic carbocycles. The number of esters is 1. The van der Waals surface area contributed by atoms with Crippen LogP contribution in [0.5, 0.6) is 0 Å². The Morgan fingerprint density at radius 3 is 2.27 bits per heavy atom. The maximum absolute atomic E-state index is 14.2. The van der Waals surface area contributed by atoms with E-state index in [2.05, 4.69) is 41.5 Å². The summed E-state index contributed by atoms with van der Waals surface area (Å²) in [5.74, 6) is -0.282. The molecule has 0 saturated carbocycles. The number of aliphatic hydroxyl groups excluding tert-OH is 1. The van der Waals surface area contributed by atoms with Crippen molar-refractivity contribution in [3.05, 3.63) is 12.2 Å². The van der Waals surface area contributed by atoms with Crippen LogP contribution in [0.4, 0.5) is 0 Å². The fraction of sp³-hybridized carbons (Fsp3) is 0.915. The molecule has 1 amide bonds. The van der Waals surface area contributed by atoms with Gasteiger partial charge in [-0.15, -0.1) is 0 Å². The normalized spacial score (nSPS) is 31.0. The van der Waals surface area contributed by atoms with Gasteiger partial charge in [-0.05, 0) is 96.6 Å². The topological polar surface area (TPSA) is 165 Å². The van der Waals surface area contributed by atoms with Gasteiger partial charge in [0.25, 0.3) is 0 Å². The average molecular weight is 831 g/mol. The van der Waals surface area contributed by atoms with E-state index in [9.17, 15) is 14.7 Å². The minimum absolute atomic E-state index is 0.0748. The number of nitrogens with one attached hydrogen (secondary N) is 2. The number of aliphatic hydroxyl groups is 1. The fourth-order valence-electron chi connectivity index (χ4n) is 10.9. The molecule has 5 heterocycles. The summed E-state index contributed by atoms with van der Waals surface area (Å²) in [6.45, 7) is 6.81. The standard InChI is InChI=1S/C47H86N6O6/c1-3-5-22-40-27-30-46(58-40)35-37-25-26-41-43(47(51-45(50-46)53(37)41)29-19-23-39(59-47)21-4-2)44(56)57-34-18-16-14-12-10-8-6-7-9-11-13-15-17-24-42(55)52(33-20-31-48)36-38(54)28-32-49/h5,22,37-41,43,45,50-51,54H,3-4,6-21,23-36,48-49H2,1-2H3/b22-5+/t37-,38?,39+,40-,41+,43+,45?,46-,47+/m1/s1. The van der Waals surface area contributed by atoms with Crippen molar-refractivity contribution < 1.29 is 28.9 Å². The van der Waals surface area contributed by atoms with Gasteiger partial charge in [-0.2, -0.15) is 0 Å². The Hall–Kier alpha value is -1.64. The van der Waals surface area contributed by atoms with Crippen LogP contribution in [-0.4, -0.2) is 108 Å². The second kappa shape index (κ2) is 25.5. The maximum Gasteiger partial charge on any atom is 0.314 e. The van der Waals surface area contributed by atoms with Crippen molar-refractivity contribution in [3.63, 3.8) is 0 Å². The molecule has 9 atom stereocenters. The zero-order valence-electron chi connectivity index (χ0n) is 37.4. The molecule has 0 aromatic rings. The molecule has 5 aliphatic rings. The maximum atomic E-state index is 14.2. The minimum Gasteiger partial charge on any atom is -0.465 e. The van der Waals surface area contributed by atoms with Crippen LogP contribution in [0, 0.1) is 5.92 Å². The molecule has 7 N–H and O–H groups in total. The Kier molecular flexibility index (Phi) is 20.9. The van der Waals surface area contributed by atoms with E-state index in [-0.39, 0.29) is 48.1 Å². The molecule has 5 fully saturated rings. The summed E-state index contributed by atoms with van der Waals surface area (Å²) in [7, 11) is 0. The van der Waals surface area contributed by atoms with Gasteiger partial charge in [0.05, 0.1) is 24.9 Å². The summed E-state index contributed by atoms with van der Waals surface area (Å²) in [6.07, 6.45) is 32.3. The smallest absolute Gasteiger partial charge is 0.314 e. The Morgan fingerprint density at radius 1 is 0.881 bits per heavy atom. The van der Waals surface area contributed by atoms with Crippen LogP contribution in [0.1, 0.15) is 187 Å². The Labute approximate surface area is 358 Å². The summed E-state index contributed by atoms with van der Waals surface area (Å²) in [4.78, 5) is 31.2. The van der Waals surface area contributed by atoms with E-state index in [1.54, 1.807) is 4.90 Å². The highest BCUT2D eigenvalue weighted by molar-refractivity contribution is 5.76. The van der Waals surface area contributed by atoms with Gasteiger partial charge in [0, 0.05) is 38.0 Å². The molecular weight excluding hydrogens is 745 g/mol. The summed E-state index contributed by atoms with van der Waals surface area (Å²) >= 11 is 0. The van der Waals surface area contributed by atoms with E-state index < -0.39 is 11.8 Å². The Balaban J connectivity index is 0.951. The van der Waals surface area contributed by atoms with Crippen LogP contribution in [0.15, 0.2) is 12.2 Å². The first-order valence-corrected chi connectivity index (χ1v) is 24.6. The van der Waals surface area contributed by atoms with E-state index in [0.717, 1.165) is 103 Å². The van der Waals surface area contributed by atoms with Crippen molar-refractivity contribution >= 4 is 11.9 Å². The molecule has 12 nitrogen and oxygen atoms in total. The lowest BCUT2D eigenvalue weighted by molar-refractivity contribution is -0.253. The second-order valence-electron chi connectivity index (χ2n) is 18.7. The number of nitrogens with zero attached hydrogens (tertiary/aromatic N) is 2. The number of hydrogen-bond donors (Lipinski definition) is 5. The average Bonchev–Trinajstić information content (AvgIpc) is 3.82. The Bertz CT molecular complexity index is 1260. The monoisotopic (exact) mass is 831 g/mol. The van der Waals surface area contributed by atoms with Gasteiger partial charge in [-0.25, -0.2) is 0 Å². The van der Waals surface area contributed by atoms with Crippen molar-refractivity contribution in [3.8, 4) is 0 Å². The van der Waals surface area contributed by atoms with Crippen molar-refractivity contribution in [1.82, 2.24) is 20.4 Å². The van der Waals surface area contributed by atoms with Gasteiger partial charge in [-0.1, -0.05) is 103 Å². The molecule has 0 aromatic carbocycles. The van der Waals surface area contributed by atoms with Crippen molar-refractivity contribution in [2.45, 2.75) is 235 Å². The lowest BCUT2D eigenvalue weighted by Crippen LogP contribution is -2.81. The van der Waals surface area contributed by atoms with Crippen molar-refractivity contribution in [2.24, 2.45) is 17.4 Å². The van der Waals surface area contributed by atoms with Crippen LogP contribution in [0.2, 0.25) is 0 Å². The summed E-state index contributed by atoms with van der Waals surface area (Å²) in [5.41, 5.74) is 10.2. The third-order valence-corrected chi connectivity index (χ3v) is 13.9. The number of rotatable bonds is 28. The molecule has 0 aromatic heterocycles. The second-order valence-corrected chi connectivity index (χ2v) is 18.7. The molecule has 2 spiro atoms. The summed E-state index contributed by atoms with van der Waals surface area (Å²) in [5, 5.41) is 18.0. The number of nitrogens with two attached hydrogens (primary N) is 2. The predicted molar refractivity (Wildman–Crippen MR) is 235 cm³/mol. The van der Waals surface area contributed by atoms with Crippen LogP contribution in [0.25, 0.3) is 0 Å². The molecule has 5 saturated heterocycles. The molecule has 0 bridgehead atoms. The highest BCUT2D eigenvalue weighted by atomic mass is 16.6. The number of hydrogen-bond acceptors (Lipinski definition) is 11. The quantitative estimate of drug-likeness (QED) is 0.0310. The number of amides is 1. The van der Waals surface area contributed by atoms with Crippen LogP contribution < -0.4 is 22.1 Å². The van der Waals surface area contributed by atoms with E-state index in [1.165, 1.54) is 57.8 Å². The number of ether oxygens (including phenoxy) is 3. The van der Waals surface area contributed by atoms with E-state index >= 15 is 0 Å². The predicted octanol–water partition coefficient (Wildman–Crippen LogP) is 7.11. The summed E-state index contributed by atoms with van der Waals surface area (Å²) in [6, 6.07) is 0.482. The molecule has 5 rings (SSSR count). The molecule has 340 valence electrons. The molecule has 59 heavy (non-hydrogen) atoms. The SMILES string of the molecule is CC/C=C/[C@@H]1CC[C@]2(C[C@H]3CC[C@H]4[C@@H](C(=O)OCCCCCCCCCCCCCCCC(=O)N(CCCN)CC(O)CCN)[C@@]5(CCC[C@H](CCC)O5)NC(N2)N34)O1. The molecule has 5 aliphatic heterocycles. The van der Waals surface area contributed by atoms with Gasteiger partial charge < -0.3 is 35.7 Å². The Morgan fingerprint density at radius 2 is 1.59 bits per heavy atom. The zero-order chi connectivity index (χ0) is 41.9. The number of carbonyl (C=O) groups is 2. The van der Waals surface area contributed by atoms with Gasteiger partial charge >= 0.3 is 5.97 Å². The van der Waals surface area contributed by atoms with Crippen molar-refractivity contribution in [2.75, 3.05) is 32.8 Å². The third-order valence-electron chi connectivity index (χ3n) is 13.9. The van der Waals surface area contributed by atoms with E-state index in [1.807, 2.05) is 0 Å². The molecular formula is C47H86N6O6. The van der Waals surface area contributed by atoms with Gasteiger partial charge in [0.15, 0.2) is 0 Å². The van der Waals surface area contributed by atoms with E-state index in [0.29, 0.717) is 51.7 Å². The first kappa shape index (κ1) is 48.4. The number of unbranched alkanes of at least 4 members (excludes halogenated alkanes) is 12. The zero-order valence-corrected chi connectivity index (χ0v) is 37.4. The van der Waals surface area contributed by atoms with Gasteiger partial charge in [-0.3, -0.25) is 25.1 Å². The van der Waals surface area contributed by atoms with Gasteiger partial charge in [0.1, 0.15) is 23.7 Å². The first-order valence-electron chi connectivity index (χ1n) is 24.6. The highest BCUT2D eigenvalue weighted by Gasteiger charge is 2.64. The molecule has 0 radical (unpaired) electrons. The third kappa shape index (κ3) is 14.2. The number of carbonyl (C=O) groups excluding carboxylic acids is 2.